The number of aliphatic hydroxyl groups excluding tert-OH is 1. The summed E-state index contributed by atoms with van der Waals surface area (Å²) in [7, 11) is -4.07. The number of carbonyl (C=O) groups is 2. The summed E-state index contributed by atoms with van der Waals surface area (Å²) in [4.78, 5) is 40.5. The molecule has 1 saturated heterocycles. The van der Waals surface area contributed by atoms with E-state index >= 15 is 0 Å². The molecule has 1 fully saturated rings. The molecule has 0 spiro atoms. The minimum atomic E-state index is -4.07. The molecule has 288 valence electrons. The summed E-state index contributed by atoms with van der Waals surface area (Å²) in [6.45, 7) is 8.58. The molecule has 3 heterocycles. The van der Waals surface area contributed by atoms with Gasteiger partial charge in [-0.05, 0) is 53.6 Å². The van der Waals surface area contributed by atoms with Crippen molar-refractivity contribution in [2.45, 2.75) is 70.2 Å². The van der Waals surface area contributed by atoms with Gasteiger partial charge in [-0.1, -0.05) is 81.7 Å². The Balaban J connectivity index is 1.36. The fourth-order valence-corrected chi connectivity index (χ4v) is 8.93. The molecule has 1 aliphatic rings. The van der Waals surface area contributed by atoms with Crippen molar-refractivity contribution in [2.24, 2.45) is 17.0 Å². The first-order valence-corrected chi connectivity index (χ1v) is 20.4. The van der Waals surface area contributed by atoms with Crippen LogP contribution >= 0.6 is 11.3 Å². The van der Waals surface area contributed by atoms with E-state index in [4.69, 9.17) is 10.2 Å². The van der Waals surface area contributed by atoms with Crippen molar-refractivity contribution in [3.8, 4) is 10.6 Å². The van der Waals surface area contributed by atoms with Crippen LogP contribution < -0.4 is 5.32 Å². The second kappa shape index (κ2) is 18.6. The number of amides is 3. The summed E-state index contributed by atoms with van der Waals surface area (Å²) in [6.07, 6.45) is 4.20. The molecule has 2 aromatic heterocycles. The summed E-state index contributed by atoms with van der Waals surface area (Å²) < 4.78 is 29.1. The Morgan fingerprint density at radius 2 is 1.80 bits per heavy atom. The maximum absolute atomic E-state index is 14.4. The Morgan fingerprint density at radius 3 is 2.44 bits per heavy atom. The molecule has 2 aromatic carbocycles. The molecule has 0 bridgehead atoms. The molecule has 3 amide bonds. The van der Waals surface area contributed by atoms with Crippen LogP contribution in [0.1, 0.15) is 50.9 Å². The Labute approximate surface area is 321 Å². The molecule has 54 heavy (non-hydrogen) atoms. The van der Waals surface area contributed by atoms with Gasteiger partial charge >= 0.3 is 6.03 Å². The molecule has 0 saturated carbocycles. The third-order valence-electron chi connectivity index (χ3n) is 9.50. The van der Waals surface area contributed by atoms with Crippen LogP contribution in [-0.4, -0.2) is 105 Å². The highest BCUT2D eigenvalue weighted by Crippen LogP contribution is 2.27. The molecule has 0 unspecified atom stereocenters. The number of oxime groups is 1. The highest BCUT2D eigenvalue weighted by atomic mass is 32.2. The summed E-state index contributed by atoms with van der Waals surface area (Å²) in [5, 5.41) is 29.5. The topological polar surface area (TPSA) is 169 Å². The number of pyridine rings is 1. The van der Waals surface area contributed by atoms with E-state index in [2.05, 4.69) is 15.5 Å². The van der Waals surface area contributed by atoms with Crippen molar-refractivity contribution in [2.75, 3.05) is 26.2 Å². The predicted octanol–water partition coefficient (Wildman–Crippen LogP) is 5.10. The average molecular weight is 776 g/mol. The number of hydrogen-bond acceptors (Lipinski definition) is 10. The molecule has 0 aliphatic carbocycles. The number of aromatic nitrogens is 2. The Kier molecular flexibility index (Phi) is 13.9. The van der Waals surface area contributed by atoms with E-state index in [0.29, 0.717) is 31.6 Å². The van der Waals surface area contributed by atoms with Gasteiger partial charge in [0.2, 0.25) is 15.9 Å². The van der Waals surface area contributed by atoms with Crippen molar-refractivity contribution in [3.63, 3.8) is 0 Å². The van der Waals surface area contributed by atoms with E-state index in [1.165, 1.54) is 46.1 Å². The first kappa shape index (κ1) is 40.5. The SMILES string of the molecule is CC[C@H](C)[C@@H](C(=O)N[C@@H](Cc1ccccc1)[C@@H](O)CN(CC(C)C)S(=O)(=O)c1ccc(C=NO)cc1)N1CCN(Cc2csc(-c3cccnc3)n2)C1=O. The number of nitrogens with zero attached hydrogens (tertiary/aromatic N) is 6. The van der Waals surface area contributed by atoms with Crippen LogP contribution in [-0.2, 0) is 27.8 Å². The minimum Gasteiger partial charge on any atom is -0.411 e. The van der Waals surface area contributed by atoms with E-state index in [-0.39, 0.29) is 42.3 Å². The van der Waals surface area contributed by atoms with E-state index in [1.807, 2.05) is 75.5 Å². The molecule has 3 N–H and O–H groups in total. The highest BCUT2D eigenvalue weighted by molar-refractivity contribution is 7.89. The fraction of sp³-hybridized carbons (Fsp3) is 0.410. The number of aliphatic hydroxyl groups is 1. The summed E-state index contributed by atoms with van der Waals surface area (Å²) in [6, 6.07) is 17.1. The van der Waals surface area contributed by atoms with Crippen LogP contribution in [0.2, 0.25) is 0 Å². The number of sulfonamides is 1. The molecular weight excluding hydrogens is 727 g/mol. The lowest BCUT2D eigenvalue weighted by Crippen LogP contribution is -2.57. The van der Waals surface area contributed by atoms with Gasteiger partial charge in [0.25, 0.3) is 0 Å². The van der Waals surface area contributed by atoms with Crippen LogP contribution in [0.5, 0.6) is 0 Å². The van der Waals surface area contributed by atoms with Crippen molar-refractivity contribution in [1.82, 2.24) is 29.4 Å². The summed E-state index contributed by atoms with van der Waals surface area (Å²) in [5.41, 5.74) is 3.02. The van der Waals surface area contributed by atoms with E-state index in [0.717, 1.165) is 21.8 Å². The maximum Gasteiger partial charge on any atom is 0.321 e. The third-order valence-corrected chi connectivity index (χ3v) is 12.3. The minimum absolute atomic E-state index is 0.0222. The molecule has 4 atom stereocenters. The van der Waals surface area contributed by atoms with Gasteiger partial charge in [-0.15, -0.1) is 11.3 Å². The zero-order valence-electron chi connectivity index (χ0n) is 31.0. The lowest BCUT2D eigenvalue weighted by molar-refractivity contribution is -0.128. The van der Waals surface area contributed by atoms with E-state index < -0.39 is 34.1 Å². The standard InChI is InChI=1S/C39H49N7O6S2/c1-5-28(4)36(46-19-18-44(39(46)49)24-32-26-53-38(42-32)31-12-9-17-40-22-31)37(48)43-34(20-29-10-7-6-8-11-29)35(47)25-45(23-27(2)3)54(51,52)33-15-13-30(14-16-33)21-41-50/h6-17,21-22,26-28,34-36,47,50H,5,18-20,23-25H2,1-4H3,(H,43,48)/t28-,34-,35-,36-/m0/s1. The van der Waals surface area contributed by atoms with Crippen LogP contribution in [0.15, 0.2) is 94.6 Å². The first-order chi connectivity index (χ1) is 25.9. The van der Waals surface area contributed by atoms with Gasteiger partial charge in [-0.25, -0.2) is 18.2 Å². The molecule has 13 nitrogen and oxygen atoms in total. The van der Waals surface area contributed by atoms with E-state index in [1.54, 1.807) is 22.2 Å². The Bertz CT molecular complexity index is 1960. The molecule has 1 aliphatic heterocycles. The van der Waals surface area contributed by atoms with Crippen LogP contribution in [0.3, 0.4) is 0 Å². The smallest absolute Gasteiger partial charge is 0.321 e. The Morgan fingerprint density at radius 1 is 1.06 bits per heavy atom. The number of hydrogen-bond donors (Lipinski definition) is 3. The summed E-state index contributed by atoms with van der Waals surface area (Å²) in [5.74, 6) is -0.692. The van der Waals surface area contributed by atoms with Gasteiger partial charge in [0, 0.05) is 49.5 Å². The van der Waals surface area contributed by atoms with Gasteiger partial charge < -0.3 is 25.4 Å². The molecule has 0 radical (unpaired) electrons. The summed E-state index contributed by atoms with van der Waals surface area (Å²) >= 11 is 1.48. The third kappa shape index (κ3) is 10.1. The van der Waals surface area contributed by atoms with Gasteiger partial charge in [-0.2, -0.15) is 4.31 Å². The lowest BCUT2D eigenvalue weighted by Gasteiger charge is -2.35. The number of nitrogens with one attached hydrogen (secondary N) is 1. The normalized spacial score (nSPS) is 15.9. The van der Waals surface area contributed by atoms with Crippen molar-refractivity contribution in [3.05, 3.63) is 101 Å². The number of urea groups is 1. The monoisotopic (exact) mass is 775 g/mol. The average Bonchev–Trinajstić information content (AvgIpc) is 3.78. The van der Waals surface area contributed by atoms with Crippen LogP contribution in [0.4, 0.5) is 4.79 Å². The van der Waals surface area contributed by atoms with Gasteiger partial charge in [-0.3, -0.25) is 9.78 Å². The van der Waals surface area contributed by atoms with Crippen LogP contribution in [0.25, 0.3) is 10.6 Å². The molecule has 15 heteroatoms. The fourth-order valence-electron chi connectivity index (χ4n) is 6.51. The molecule has 4 aromatic rings. The maximum atomic E-state index is 14.4. The second-order valence-corrected chi connectivity index (χ2v) is 16.8. The number of benzene rings is 2. The Hall–Kier alpha value is -4.70. The molecular formula is C39H49N7O6S2. The van der Waals surface area contributed by atoms with Gasteiger partial charge in [0.05, 0.1) is 35.5 Å². The first-order valence-electron chi connectivity index (χ1n) is 18.1. The second-order valence-electron chi connectivity index (χ2n) is 14.0. The zero-order chi connectivity index (χ0) is 38.8. The predicted molar refractivity (Wildman–Crippen MR) is 209 cm³/mol. The quantitative estimate of drug-likeness (QED) is 0.0713. The van der Waals surface area contributed by atoms with Crippen molar-refractivity contribution in [1.29, 1.82) is 0 Å². The van der Waals surface area contributed by atoms with Crippen molar-refractivity contribution < 1.29 is 28.3 Å². The number of rotatable bonds is 18. The van der Waals surface area contributed by atoms with E-state index in [9.17, 15) is 23.1 Å². The largest absolute Gasteiger partial charge is 0.411 e. The van der Waals surface area contributed by atoms with Crippen molar-refractivity contribution >= 4 is 39.5 Å². The van der Waals surface area contributed by atoms with Crippen LogP contribution in [0, 0.1) is 11.8 Å². The highest BCUT2D eigenvalue weighted by Gasteiger charge is 2.41. The van der Waals surface area contributed by atoms with Gasteiger partial charge in [0.1, 0.15) is 11.0 Å². The lowest BCUT2D eigenvalue weighted by atomic mass is 9.95. The number of thiazole rings is 1. The van der Waals surface area contributed by atoms with Gasteiger partial charge in [0.15, 0.2) is 0 Å². The molecule has 5 rings (SSSR count). The zero-order valence-corrected chi connectivity index (χ0v) is 32.7. The number of carbonyl (C=O) groups excluding carboxylic acids is 2.